The van der Waals surface area contributed by atoms with Gasteiger partial charge in [-0.25, -0.2) is 8.42 Å². The molecular weight excluding hydrogens is 374 g/mol. The Bertz CT molecular complexity index is 750. The van der Waals surface area contributed by atoms with Crippen molar-refractivity contribution in [1.29, 1.82) is 0 Å². The van der Waals surface area contributed by atoms with Gasteiger partial charge in [-0.1, -0.05) is 49.6 Å². The van der Waals surface area contributed by atoms with Gasteiger partial charge >= 0.3 is 0 Å². The molecule has 0 unspecified atom stereocenters. The second-order valence-corrected chi connectivity index (χ2v) is 9.71. The van der Waals surface area contributed by atoms with Crippen molar-refractivity contribution >= 4 is 22.0 Å². The van der Waals surface area contributed by atoms with E-state index in [0.29, 0.717) is 38.6 Å². The Morgan fingerprint density at radius 3 is 2.46 bits per heavy atom. The maximum atomic E-state index is 12.5. The first-order valence-corrected chi connectivity index (χ1v) is 11.9. The maximum Gasteiger partial charge on any atom is 0.275 e. The summed E-state index contributed by atoms with van der Waals surface area (Å²) in [5.41, 5.74) is 0.866. The molecule has 1 aliphatic carbocycles. The van der Waals surface area contributed by atoms with Crippen molar-refractivity contribution in [3.05, 3.63) is 41.3 Å². The number of rotatable bonds is 7. The van der Waals surface area contributed by atoms with Crippen LogP contribution in [0.25, 0.3) is 6.08 Å². The highest BCUT2D eigenvalue weighted by molar-refractivity contribution is 7.92. The fourth-order valence-corrected chi connectivity index (χ4v) is 5.18. The molecule has 0 spiro atoms. The summed E-state index contributed by atoms with van der Waals surface area (Å²) in [4.78, 5) is 13.4. The Labute approximate surface area is 168 Å². The maximum absolute atomic E-state index is 12.5. The number of piperazine rings is 1. The van der Waals surface area contributed by atoms with Crippen molar-refractivity contribution in [2.45, 2.75) is 32.1 Å². The highest BCUT2D eigenvalue weighted by Crippen LogP contribution is 2.22. The first-order chi connectivity index (χ1) is 13.5. The monoisotopic (exact) mass is 406 g/mol. The lowest BCUT2D eigenvalue weighted by atomic mass is 9.89. The van der Waals surface area contributed by atoms with Gasteiger partial charge < -0.3 is 10.2 Å². The molecule has 1 heterocycles. The molecule has 7 heteroatoms. The minimum atomic E-state index is -3.42. The summed E-state index contributed by atoms with van der Waals surface area (Å²) < 4.78 is 26.5. The SMILES string of the molecule is O=C(C[NH+]1CCN(S(=O)(=O)/C=C/c2ccccc2)CC1)NCC1CCCCC1. The normalized spacial score (nSPS) is 20.4. The zero-order chi connectivity index (χ0) is 19.8. The summed E-state index contributed by atoms with van der Waals surface area (Å²) in [6, 6.07) is 9.42. The molecule has 1 amide bonds. The van der Waals surface area contributed by atoms with Gasteiger partial charge in [-0.05, 0) is 30.4 Å². The third-order valence-corrected chi connectivity index (χ3v) is 7.31. The van der Waals surface area contributed by atoms with E-state index in [-0.39, 0.29) is 5.91 Å². The molecule has 2 N–H and O–H groups in total. The minimum absolute atomic E-state index is 0.0841. The van der Waals surface area contributed by atoms with Crippen LogP contribution in [0.1, 0.15) is 37.7 Å². The van der Waals surface area contributed by atoms with Crippen molar-refractivity contribution in [2.75, 3.05) is 39.3 Å². The molecule has 2 fully saturated rings. The largest absolute Gasteiger partial charge is 0.351 e. The predicted octanol–water partition coefficient (Wildman–Crippen LogP) is 0.884. The van der Waals surface area contributed by atoms with Crippen LogP contribution in [0, 0.1) is 5.92 Å². The standard InChI is InChI=1S/C21H31N3O3S/c25-21(22-17-20-9-5-2-6-10-20)18-23-12-14-24(15-13-23)28(26,27)16-11-19-7-3-1-4-8-19/h1,3-4,7-8,11,16,20H,2,5-6,9-10,12-15,17-18H2,(H,22,25)/p+1/b16-11+. The minimum Gasteiger partial charge on any atom is -0.351 e. The fourth-order valence-electron chi connectivity index (χ4n) is 3.99. The fraction of sp³-hybridized carbons (Fsp3) is 0.571. The van der Waals surface area contributed by atoms with Gasteiger partial charge in [0.2, 0.25) is 10.0 Å². The number of hydrogen-bond donors (Lipinski definition) is 2. The van der Waals surface area contributed by atoms with Gasteiger partial charge in [0.25, 0.3) is 5.91 Å². The summed E-state index contributed by atoms with van der Waals surface area (Å²) >= 11 is 0. The van der Waals surface area contributed by atoms with Crippen LogP contribution in [-0.2, 0) is 14.8 Å². The molecule has 1 aliphatic heterocycles. The van der Waals surface area contributed by atoms with Crippen molar-refractivity contribution in [1.82, 2.24) is 9.62 Å². The number of sulfonamides is 1. The van der Waals surface area contributed by atoms with Crippen LogP contribution in [0.5, 0.6) is 0 Å². The van der Waals surface area contributed by atoms with Gasteiger partial charge in [0, 0.05) is 12.0 Å². The zero-order valence-electron chi connectivity index (χ0n) is 16.5. The van der Waals surface area contributed by atoms with E-state index < -0.39 is 10.0 Å². The first-order valence-electron chi connectivity index (χ1n) is 10.4. The Morgan fingerprint density at radius 1 is 1.11 bits per heavy atom. The van der Waals surface area contributed by atoms with Crippen LogP contribution in [0.15, 0.2) is 35.7 Å². The lowest BCUT2D eigenvalue weighted by Crippen LogP contribution is -3.15. The van der Waals surface area contributed by atoms with E-state index in [1.165, 1.54) is 41.8 Å². The number of hydrogen-bond acceptors (Lipinski definition) is 3. The van der Waals surface area contributed by atoms with Crippen molar-refractivity contribution < 1.29 is 18.1 Å². The second-order valence-electron chi connectivity index (χ2n) is 7.89. The lowest BCUT2D eigenvalue weighted by molar-refractivity contribution is -0.895. The smallest absolute Gasteiger partial charge is 0.275 e. The van der Waals surface area contributed by atoms with Gasteiger partial charge in [0.1, 0.15) is 0 Å². The van der Waals surface area contributed by atoms with Crippen LogP contribution in [-0.4, -0.2) is 57.9 Å². The molecule has 0 radical (unpaired) electrons. The molecule has 154 valence electrons. The van der Waals surface area contributed by atoms with Gasteiger partial charge in [-0.15, -0.1) is 0 Å². The third-order valence-electron chi connectivity index (χ3n) is 5.74. The van der Waals surface area contributed by atoms with Gasteiger partial charge in [-0.3, -0.25) is 4.79 Å². The Kier molecular flexibility index (Phi) is 7.65. The van der Waals surface area contributed by atoms with Crippen LogP contribution in [0.2, 0.25) is 0 Å². The Hall–Kier alpha value is -1.70. The molecule has 1 aromatic rings. The third kappa shape index (κ3) is 6.43. The topological polar surface area (TPSA) is 70.9 Å². The van der Waals surface area contributed by atoms with E-state index in [4.69, 9.17) is 0 Å². The summed E-state index contributed by atoms with van der Waals surface area (Å²) in [5.74, 6) is 0.715. The number of amides is 1. The van der Waals surface area contributed by atoms with E-state index >= 15 is 0 Å². The molecule has 0 aromatic heterocycles. The molecule has 0 bridgehead atoms. The molecule has 3 rings (SSSR count). The second kappa shape index (κ2) is 10.2. The molecule has 0 atom stereocenters. The summed E-state index contributed by atoms with van der Waals surface area (Å²) in [7, 11) is -3.42. The average Bonchev–Trinajstić information content (AvgIpc) is 2.73. The number of nitrogens with one attached hydrogen (secondary N) is 2. The van der Waals surface area contributed by atoms with Gasteiger partial charge in [0.05, 0.1) is 26.2 Å². The summed E-state index contributed by atoms with van der Waals surface area (Å²) in [6.45, 7) is 3.45. The van der Waals surface area contributed by atoms with E-state index in [1.807, 2.05) is 30.3 Å². The molecular formula is C21H32N3O3S+. The highest BCUT2D eigenvalue weighted by Gasteiger charge is 2.28. The predicted molar refractivity (Wildman–Crippen MR) is 111 cm³/mol. The van der Waals surface area contributed by atoms with Crippen molar-refractivity contribution in [2.24, 2.45) is 5.92 Å². The number of benzene rings is 1. The molecule has 2 aliphatic rings. The number of carbonyl (C=O) groups excluding carboxylic acids is 1. The average molecular weight is 407 g/mol. The van der Waals surface area contributed by atoms with E-state index in [0.717, 1.165) is 17.0 Å². The number of nitrogens with zero attached hydrogens (tertiary/aromatic N) is 1. The quantitative estimate of drug-likeness (QED) is 0.706. The van der Waals surface area contributed by atoms with E-state index in [1.54, 1.807) is 6.08 Å². The van der Waals surface area contributed by atoms with Crippen molar-refractivity contribution in [3.8, 4) is 0 Å². The number of carbonyl (C=O) groups is 1. The van der Waals surface area contributed by atoms with Crippen LogP contribution >= 0.6 is 0 Å². The molecule has 6 nitrogen and oxygen atoms in total. The van der Waals surface area contributed by atoms with Crippen LogP contribution in [0.3, 0.4) is 0 Å². The zero-order valence-corrected chi connectivity index (χ0v) is 17.3. The van der Waals surface area contributed by atoms with E-state index in [2.05, 4.69) is 5.32 Å². The lowest BCUT2D eigenvalue weighted by Gasteiger charge is -2.30. The molecule has 1 aromatic carbocycles. The highest BCUT2D eigenvalue weighted by atomic mass is 32.2. The number of quaternary nitrogens is 1. The molecule has 28 heavy (non-hydrogen) atoms. The van der Waals surface area contributed by atoms with E-state index in [9.17, 15) is 13.2 Å². The van der Waals surface area contributed by atoms with Crippen LogP contribution in [0.4, 0.5) is 0 Å². The Morgan fingerprint density at radius 2 is 1.79 bits per heavy atom. The summed E-state index contributed by atoms with van der Waals surface area (Å²) in [6.07, 6.45) is 7.96. The van der Waals surface area contributed by atoms with Crippen LogP contribution < -0.4 is 10.2 Å². The first kappa shape index (κ1) is 21.0. The summed E-state index contributed by atoms with van der Waals surface area (Å²) in [5, 5.41) is 4.36. The van der Waals surface area contributed by atoms with Crippen molar-refractivity contribution in [3.63, 3.8) is 0 Å². The molecule has 1 saturated carbocycles. The van der Waals surface area contributed by atoms with Gasteiger partial charge in [0.15, 0.2) is 6.54 Å². The Balaban J connectivity index is 1.40. The molecule has 1 saturated heterocycles. The van der Waals surface area contributed by atoms with Gasteiger partial charge in [-0.2, -0.15) is 4.31 Å².